The summed E-state index contributed by atoms with van der Waals surface area (Å²) in [7, 11) is 0. The first kappa shape index (κ1) is 15.9. The summed E-state index contributed by atoms with van der Waals surface area (Å²) in [5.74, 6) is 0.483. The van der Waals surface area contributed by atoms with Crippen molar-refractivity contribution in [2.75, 3.05) is 0 Å². The van der Waals surface area contributed by atoms with Gasteiger partial charge in [-0.1, -0.05) is 29.3 Å². The van der Waals surface area contributed by atoms with E-state index in [0.717, 1.165) is 17.0 Å². The average Bonchev–Trinajstić information content (AvgIpc) is 3.02. The lowest BCUT2D eigenvalue weighted by atomic mass is 10.2. The lowest BCUT2D eigenvalue weighted by Crippen LogP contribution is -2.07. The third-order valence-corrected chi connectivity index (χ3v) is 4.10. The van der Waals surface area contributed by atoms with E-state index in [2.05, 4.69) is 20.4 Å². The van der Waals surface area contributed by atoms with E-state index in [1.54, 1.807) is 23.0 Å². The SMILES string of the molecule is Cc1cc(C)n(-c2n[nH]c(=S)n2/N=C\c2ccc(Cl)c(Cl)c2)n1. The van der Waals surface area contributed by atoms with Crippen molar-refractivity contribution in [2.24, 2.45) is 5.10 Å². The Kier molecular flexibility index (Phi) is 4.34. The molecule has 0 saturated heterocycles. The first-order chi connectivity index (χ1) is 11.0. The summed E-state index contributed by atoms with van der Waals surface area (Å²) in [4.78, 5) is 0. The molecule has 0 aliphatic heterocycles. The number of H-pyrrole nitrogens is 1. The van der Waals surface area contributed by atoms with Gasteiger partial charge < -0.3 is 0 Å². The van der Waals surface area contributed by atoms with E-state index in [1.807, 2.05) is 26.0 Å². The van der Waals surface area contributed by atoms with Gasteiger partial charge in [0.15, 0.2) is 0 Å². The quantitative estimate of drug-likeness (QED) is 0.564. The number of nitrogens with zero attached hydrogens (tertiary/aromatic N) is 5. The summed E-state index contributed by atoms with van der Waals surface area (Å²) in [5.41, 5.74) is 2.61. The van der Waals surface area contributed by atoms with Crippen molar-refractivity contribution in [2.45, 2.75) is 13.8 Å². The molecule has 23 heavy (non-hydrogen) atoms. The summed E-state index contributed by atoms with van der Waals surface area (Å²) in [5, 5.41) is 16.6. The largest absolute Gasteiger partial charge is 0.271 e. The number of aromatic nitrogens is 5. The maximum atomic E-state index is 6.00. The van der Waals surface area contributed by atoms with E-state index in [9.17, 15) is 0 Å². The minimum Gasteiger partial charge on any atom is -0.248 e. The van der Waals surface area contributed by atoms with Gasteiger partial charge in [-0.2, -0.15) is 14.9 Å². The first-order valence-electron chi connectivity index (χ1n) is 6.66. The second-order valence-electron chi connectivity index (χ2n) is 4.90. The van der Waals surface area contributed by atoms with E-state index in [0.29, 0.717) is 20.8 Å². The molecule has 0 spiro atoms. The van der Waals surface area contributed by atoms with Gasteiger partial charge in [0.2, 0.25) is 4.77 Å². The Morgan fingerprint density at radius 1 is 1.22 bits per heavy atom. The second-order valence-corrected chi connectivity index (χ2v) is 6.10. The Morgan fingerprint density at radius 2 is 2.00 bits per heavy atom. The Balaban J connectivity index is 2.02. The summed E-state index contributed by atoms with van der Waals surface area (Å²) < 4.78 is 3.54. The third kappa shape index (κ3) is 3.21. The highest BCUT2D eigenvalue weighted by molar-refractivity contribution is 7.71. The standard InChI is InChI=1S/C14H12Cl2N6S/c1-8-5-9(2)21(20-8)13-18-19-14(23)22(13)17-7-10-3-4-11(15)12(16)6-10/h3-7H,1-2H3,(H,19,23)/b17-7-. The van der Waals surface area contributed by atoms with E-state index >= 15 is 0 Å². The molecule has 6 nitrogen and oxygen atoms in total. The molecule has 0 amide bonds. The highest BCUT2D eigenvalue weighted by atomic mass is 35.5. The number of aromatic amines is 1. The molecule has 2 heterocycles. The van der Waals surface area contributed by atoms with Gasteiger partial charge >= 0.3 is 0 Å². The molecule has 3 aromatic rings. The number of hydrogen-bond acceptors (Lipinski definition) is 4. The van der Waals surface area contributed by atoms with Crippen molar-refractivity contribution < 1.29 is 0 Å². The number of rotatable bonds is 3. The van der Waals surface area contributed by atoms with Crippen LogP contribution >= 0.6 is 35.4 Å². The number of benzene rings is 1. The van der Waals surface area contributed by atoms with E-state index in [4.69, 9.17) is 35.4 Å². The van der Waals surface area contributed by atoms with Crippen LogP contribution in [-0.4, -0.2) is 30.9 Å². The van der Waals surface area contributed by atoms with Crippen LogP contribution in [0.4, 0.5) is 0 Å². The van der Waals surface area contributed by atoms with Crippen molar-refractivity contribution >= 4 is 41.6 Å². The van der Waals surface area contributed by atoms with Crippen LogP contribution in [0.5, 0.6) is 0 Å². The molecule has 118 valence electrons. The Hall–Kier alpha value is -1.96. The number of hydrogen-bond donors (Lipinski definition) is 1. The smallest absolute Gasteiger partial charge is 0.248 e. The number of halogens is 2. The zero-order chi connectivity index (χ0) is 16.6. The van der Waals surface area contributed by atoms with Crippen LogP contribution in [0.15, 0.2) is 29.4 Å². The molecule has 9 heteroatoms. The molecule has 0 atom stereocenters. The molecular formula is C14H12Cl2N6S. The molecule has 0 bridgehead atoms. The fourth-order valence-corrected chi connectivity index (χ4v) is 2.55. The van der Waals surface area contributed by atoms with Crippen LogP contribution < -0.4 is 0 Å². The molecule has 0 aliphatic carbocycles. The summed E-state index contributed by atoms with van der Waals surface area (Å²) >= 11 is 17.1. The lowest BCUT2D eigenvalue weighted by Gasteiger charge is -2.03. The molecule has 0 aliphatic rings. The molecule has 1 aromatic carbocycles. The van der Waals surface area contributed by atoms with Gasteiger partial charge in [0.1, 0.15) is 0 Å². The molecular weight excluding hydrogens is 355 g/mol. The zero-order valence-corrected chi connectivity index (χ0v) is 14.6. The Morgan fingerprint density at radius 3 is 2.65 bits per heavy atom. The molecule has 0 unspecified atom stereocenters. The molecule has 3 rings (SSSR count). The summed E-state index contributed by atoms with van der Waals surface area (Å²) in [6.07, 6.45) is 1.63. The maximum absolute atomic E-state index is 6.00. The minimum absolute atomic E-state index is 0.365. The molecule has 0 fully saturated rings. The minimum atomic E-state index is 0.365. The molecule has 0 saturated carbocycles. The number of nitrogens with one attached hydrogen (secondary N) is 1. The van der Waals surface area contributed by atoms with Crippen molar-refractivity contribution in [3.05, 3.63) is 56.0 Å². The predicted octanol–water partition coefficient (Wildman–Crippen LogP) is 3.93. The first-order valence-corrected chi connectivity index (χ1v) is 7.82. The topological polar surface area (TPSA) is 63.8 Å². The normalized spacial score (nSPS) is 11.5. The highest BCUT2D eigenvalue weighted by Crippen LogP contribution is 2.22. The fourth-order valence-electron chi connectivity index (χ4n) is 2.07. The Bertz CT molecular complexity index is 953. The number of aryl methyl sites for hydroxylation is 2. The van der Waals surface area contributed by atoms with Crippen LogP contribution in [0.3, 0.4) is 0 Å². The summed E-state index contributed by atoms with van der Waals surface area (Å²) in [6.45, 7) is 3.85. The van der Waals surface area contributed by atoms with Gasteiger partial charge in [0, 0.05) is 5.69 Å². The van der Waals surface area contributed by atoms with Crippen molar-refractivity contribution in [1.82, 2.24) is 24.7 Å². The van der Waals surface area contributed by atoms with Crippen LogP contribution in [0.2, 0.25) is 10.0 Å². The van der Waals surface area contributed by atoms with E-state index in [1.165, 1.54) is 4.68 Å². The van der Waals surface area contributed by atoms with Crippen LogP contribution in [0.25, 0.3) is 5.95 Å². The predicted molar refractivity (Wildman–Crippen MR) is 93.5 cm³/mol. The van der Waals surface area contributed by atoms with Gasteiger partial charge in [-0.25, -0.2) is 9.78 Å². The van der Waals surface area contributed by atoms with Gasteiger partial charge in [-0.15, -0.1) is 5.10 Å². The van der Waals surface area contributed by atoms with Crippen molar-refractivity contribution in [3.8, 4) is 5.95 Å². The van der Waals surface area contributed by atoms with Crippen LogP contribution in [-0.2, 0) is 0 Å². The van der Waals surface area contributed by atoms with Gasteiger partial charge in [-0.3, -0.25) is 0 Å². The van der Waals surface area contributed by atoms with E-state index in [-0.39, 0.29) is 0 Å². The monoisotopic (exact) mass is 366 g/mol. The summed E-state index contributed by atoms with van der Waals surface area (Å²) in [6, 6.07) is 7.19. The van der Waals surface area contributed by atoms with Crippen molar-refractivity contribution in [1.29, 1.82) is 0 Å². The third-order valence-electron chi connectivity index (χ3n) is 3.10. The Labute approximate surface area is 147 Å². The lowest BCUT2D eigenvalue weighted by molar-refractivity contribution is 0.714. The fraction of sp³-hybridized carbons (Fsp3) is 0.143. The molecule has 1 N–H and O–H groups in total. The molecule has 2 aromatic heterocycles. The maximum Gasteiger partial charge on any atom is 0.271 e. The second kappa shape index (κ2) is 6.27. The zero-order valence-electron chi connectivity index (χ0n) is 12.3. The van der Waals surface area contributed by atoms with Crippen LogP contribution in [0, 0.1) is 18.6 Å². The van der Waals surface area contributed by atoms with Gasteiger partial charge in [0.05, 0.1) is 22.0 Å². The van der Waals surface area contributed by atoms with E-state index < -0.39 is 0 Å². The average molecular weight is 367 g/mol. The van der Waals surface area contributed by atoms with Crippen molar-refractivity contribution in [3.63, 3.8) is 0 Å². The van der Waals surface area contributed by atoms with Gasteiger partial charge in [0.25, 0.3) is 5.95 Å². The van der Waals surface area contributed by atoms with Crippen LogP contribution in [0.1, 0.15) is 17.0 Å². The van der Waals surface area contributed by atoms with Gasteiger partial charge in [-0.05, 0) is 49.8 Å². The highest BCUT2D eigenvalue weighted by Gasteiger charge is 2.11. The molecule has 0 radical (unpaired) electrons.